The zero-order valence-corrected chi connectivity index (χ0v) is 9.92. The molecular weight excluding hydrogens is 244 g/mol. The van der Waals surface area contributed by atoms with Crippen LogP contribution in [0.1, 0.15) is 5.56 Å². The summed E-state index contributed by atoms with van der Waals surface area (Å²) in [5.41, 5.74) is 2.86. The molecule has 1 heterocycles. The highest BCUT2D eigenvalue weighted by atomic mass is 79.9. The molecule has 0 atom stereocenters. The van der Waals surface area contributed by atoms with E-state index in [0.717, 1.165) is 15.6 Å². The third-order valence-corrected chi connectivity index (χ3v) is 2.55. The van der Waals surface area contributed by atoms with E-state index in [1.165, 1.54) is 5.56 Å². The van der Waals surface area contributed by atoms with E-state index in [1.54, 1.807) is 0 Å². The number of oxazole rings is 1. The summed E-state index contributed by atoms with van der Waals surface area (Å²) in [4.78, 5) is 6.21. The van der Waals surface area contributed by atoms with Gasteiger partial charge in [-0.3, -0.25) is 0 Å². The van der Waals surface area contributed by atoms with Crippen molar-refractivity contribution in [3.8, 4) is 0 Å². The number of halogens is 1. The molecule has 0 aliphatic carbocycles. The molecule has 3 nitrogen and oxygen atoms in total. The molecule has 14 heavy (non-hydrogen) atoms. The zero-order chi connectivity index (χ0) is 10.3. The molecule has 0 bridgehead atoms. The van der Waals surface area contributed by atoms with Gasteiger partial charge in [0.25, 0.3) is 6.01 Å². The summed E-state index contributed by atoms with van der Waals surface area (Å²) in [5.74, 6) is 0. The van der Waals surface area contributed by atoms with Crippen molar-refractivity contribution in [2.75, 3.05) is 19.0 Å². The van der Waals surface area contributed by atoms with Crippen molar-refractivity contribution in [2.24, 2.45) is 0 Å². The van der Waals surface area contributed by atoms with Crippen LogP contribution in [0.2, 0.25) is 0 Å². The van der Waals surface area contributed by atoms with E-state index in [-0.39, 0.29) is 0 Å². The lowest BCUT2D eigenvalue weighted by Crippen LogP contribution is -2.08. The third kappa shape index (κ3) is 1.50. The molecule has 2 aromatic rings. The Morgan fingerprint density at radius 3 is 2.71 bits per heavy atom. The number of hydrogen-bond donors (Lipinski definition) is 0. The van der Waals surface area contributed by atoms with Crippen LogP contribution >= 0.6 is 15.9 Å². The van der Waals surface area contributed by atoms with Crippen LogP contribution in [0, 0.1) is 6.92 Å². The minimum absolute atomic E-state index is 0.631. The molecule has 0 fully saturated rings. The van der Waals surface area contributed by atoms with E-state index in [2.05, 4.69) is 20.9 Å². The summed E-state index contributed by atoms with van der Waals surface area (Å²) in [7, 11) is 3.82. The first kappa shape index (κ1) is 9.52. The molecule has 0 saturated carbocycles. The SMILES string of the molecule is Cc1cc(Br)c2oc(N(C)C)nc2c1. The van der Waals surface area contributed by atoms with E-state index in [9.17, 15) is 0 Å². The van der Waals surface area contributed by atoms with Gasteiger partial charge in [0.05, 0.1) is 4.47 Å². The van der Waals surface area contributed by atoms with Crippen molar-refractivity contribution < 1.29 is 4.42 Å². The lowest BCUT2D eigenvalue weighted by atomic mass is 10.2. The number of aryl methyl sites for hydroxylation is 1. The summed E-state index contributed by atoms with van der Waals surface area (Å²) in [6.45, 7) is 2.04. The molecule has 0 aliphatic rings. The fraction of sp³-hybridized carbons (Fsp3) is 0.300. The van der Waals surface area contributed by atoms with Crippen molar-refractivity contribution in [1.29, 1.82) is 0 Å². The molecular formula is C10H11BrN2O. The second-order valence-electron chi connectivity index (χ2n) is 3.49. The Labute approximate surface area is 90.8 Å². The summed E-state index contributed by atoms with van der Waals surface area (Å²) in [5, 5.41) is 0. The maximum atomic E-state index is 5.58. The number of aromatic nitrogens is 1. The van der Waals surface area contributed by atoms with Gasteiger partial charge >= 0.3 is 0 Å². The molecule has 0 saturated heterocycles. The van der Waals surface area contributed by atoms with Gasteiger partial charge in [-0.15, -0.1) is 0 Å². The molecule has 0 aliphatic heterocycles. The fourth-order valence-electron chi connectivity index (χ4n) is 1.30. The lowest BCUT2D eigenvalue weighted by Gasteiger charge is -2.03. The molecule has 1 aromatic heterocycles. The average Bonchev–Trinajstić information content (AvgIpc) is 2.47. The molecule has 4 heteroatoms. The van der Waals surface area contributed by atoms with Crippen LogP contribution in [0.25, 0.3) is 11.1 Å². The van der Waals surface area contributed by atoms with E-state index in [1.807, 2.05) is 38.1 Å². The Hall–Kier alpha value is -1.03. The van der Waals surface area contributed by atoms with E-state index < -0.39 is 0 Å². The predicted octanol–water partition coefficient (Wildman–Crippen LogP) is 2.96. The fourth-order valence-corrected chi connectivity index (χ4v) is 1.95. The highest BCUT2D eigenvalue weighted by Gasteiger charge is 2.10. The minimum atomic E-state index is 0.631. The van der Waals surface area contributed by atoms with Crippen LogP contribution in [0.4, 0.5) is 6.01 Å². The number of benzene rings is 1. The smallest absolute Gasteiger partial charge is 0.297 e. The maximum Gasteiger partial charge on any atom is 0.297 e. The van der Waals surface area contributed by atoms with Crippen molar-refractivity contribution in [3.05, 3.63) is 22.2 Å². The Bertz CT molecular complexity index is 476. The summed E-state index contributed by atoms with van der Waals surface area (Å²) in [6, 6.07) is 4.66. The first-order valence-electron chi connectivity index (χ1n) is 4.32. The summed E-state index contributed by atoms with van der Waals surface area (Å²) >= 11 is 3.46. The Morgan fingerprint density at radius 1 is 1.36 bits per heavy atom. The average molecular weight is 255 g/mol. The predicted molar refractivity (Wildman–Crippen MR) is 60.8 cm³/mol. The molecule has 0 radical (unpaired) electrons. The largest absolute Gasteiger partial charge is 0.422 e. The Kier molecular flexibility index (Phi) is 2.23. The van der Waals surface area contributed by atoms with Gasteiger partial charge in [-0.2, -0.15) is 4.98 Å². The maximum absolute atomic E-state index is 5.58. The van der Waals surface area contributed by atoms with Crippen molar-refractivity contribution >= 4 is 33.0 Å². The van der Waals surface area contributed by atoms with Crippen molar-refractivity contribution in [3.63, 3.8) is 0 Å². The molecule has 0 spiro atoms. The van der Waals surface area contributed by atoms with Crippen LogP contribution in [0.3, 0.4) is 0 Å². The van der Waals surface area contributed by atoms with E-state index >= 15 is 0 Å². The minimum Gasteiger partial charge on any atom is -0.422 e. The van der Waals surface area contributed by atoms with Gasteiger partial charge in [0.1, 0.15) is 5.52 Å². The molecule has 74 valence electrons. The van der Waals surface area contributed by atoms with Crippen LogP contribution < -0.4 is 4.90 Å². The van der Waals surface area contributed by atoms with Gasteiger partial charge in [-0.1, -0.05) is 0 Å². The van der Waals surface area contributed by atoms with Crippen molar-refractivity contribution in [2.45, 2.75) is 6.92 Å². The van der Waals surface area contributed by atoms with Gasteiger partial charge in [-0.25, -0.2) is 0 Å². The Morgan fingerprint density at radius 2 is 2.07 bits per heavy atom. The second kappa shape index (κ2) is 3.28. The van der Waals surface area contributed by atoms with Gasteiger partial charge in [0.15, 0.2) is 5.58 Å². The third-order valence-electron chi connectivity index (χ3n) is 1.96. The monoisotopic (exact) mass is 254 g/mol. The molecule has 0 N–H and O–H groups in total. The van der Waals surface area contributed by atoms with Crippen LogP contribution in [-0.2, 0) is 0 Å². The first-order chi connectivity index (χ1) is 6.58. The van der Waals surface area contributed by atoms with Gasteiger partial charge < -0.3 is 9.32 Å². The van der Waals surface area contributed by atoms with Gasteiger partial charge in [0.2, 0.25) is 0 Å². The number of hydrogen-bond acceptors (Lipinski definition) is 3. The zero-order valence-electron chi connectivity index (χ0n) is 8.34. The molecule has 1 aromatic carbocycles. The van der Waals surface area contributed by atoms with Crippen LogP contribution in [0.5, 0.6) is 0 Å². The van der Waals surface area contributed by atoms with Gasteiger partial charge in [-0.05, 0) is 40.5 Å². The lowest BCUT2D eigenvalue weighted by molar-refractivity contribution is 0.595. The van der Waals surface area contributed by atoms with Gasteiger partial charge in [0, 0.05) is 14.1 Å². The number of nitrogens with zero attached hydrogens (tertiary/aromatic N) is 2. The summed E-state index contributed by atoms with van der Waals surface area (Å²) in [6.07, 6.45) is 0. The number of fused-ring (bicyclic) bond motifs is 1. The van der Waals surface area contributed by atoms with E-state index in [4.69, 9.17) is 4.42 Å². The highest BCUT2D eigenvalue weighted by Crippen LogP contribution is 2.28. The highest BCUT2D eigenvalue weighted by molar-refractivity contribution is 9.10. The summed E-state index contributed by atoms with van der Waals surface area (Å²) < 4.78 is 6.54. The molecule has 0 amide bonds. The van der Waals surface area contributed by atoms with Crippen molar-refractivity contribution in [1.82, 2.24) is 4.98 Å². The Balaban J connectivity index is 2.70. The molecule has 2 rings (SSSR count). The normalized spacial score (nSPS) is 10.9. The quantitative estimate of drug-likeness (QED) is 0.784. The molecule has 0 unspecified atom stereocenters. The standard InChI is InChI=1S/C10H11BrN2O/c1-6-4-7(11)9-8(5-6)12-10(14-9)13(2)3/h4-5H,1-3H3. The number of anilines is 1. The number of rotatable bonds is 1. The van der Waals surface area contributed by atoms with Crippen LogP contribution in [-0.4, -0.2) is 19.1 Å². The van der Waals surface area contributed by atoms with E-state index in [0.29, 0.717) is 6.01 Å². The van der Waals surface area contributed by atoms with Crippen LogP contribution in [0.15, 0.2) is 21.0 Å². The first-order valence-corrected chi connectivity index (χ1v) is 5.11. The second-order valence-corrected chi connectivity index (χ2v) is 4.34. The topological polar surface area (TPSA) is 29.3 Å².